The van der Waals surface area contributed by atoms with Crippen LogP contribution in [0, 0.1) is 0 Å². The highest BCUT2D eigenvalue weighted by atomic mass is 16.2. The Bertz CT molecular complexity index is 204. The first-order chi connectivity index (χ1) is 6.97. The first-order valence-electron chi connectivity index (χ1n) is 5.26. The van der Waals surface area contributed by atoms with Crippen LogP contribution in [0.25, 0.3) is 0 Å². The van der Waals surface area contributed by atoms with E-state index >= 15 is 0 Å². The lowest BCUT2D eigenvalue weighted by Crippen LogP contribution is -2.48. The van der Waals surface area contributed by atoms with E-state index in [2.05, 4.69) is 29.0 Å². The fourth-order valence-corrected chi connectivity index (χ4v) is 1.43. The molecule has 0 heterocycles. The molecule has 0 radical (unpaired) electrons. The Labute approximate surface area is 92.7 Å². The molecular weight excluding hydrogens is 190 g/mol. The Hall–Kier alpha value is -0.870. The van der Waals surface area contributed by atoms with Crippen LogP contribution in [0.5, 0.6) is 0 Å². The summed E-state index contributed by atoms with van der Waals surface area (Å²) in [5.74, 6) is 0.0144. The smallest absolute Gasteiger partial charge is 0.237 e. The lowest BCUT2D eigenvalue weighted by atomic mass is 10.2. The van der Waals surface area contributed by atoms with Crippen LogP contribution in [0.15, 0.2) is 12.7 Å². The molecule has 88 valence electrons. The molecule has 4 nitrogen and oxygen atoms in total. The number of amides is 1. The quantitative estimate of drug-likeness (QED) is 0.595. The van der Waals surface area contributed by atoms with Gasteiger partial charge in [-0.25, -0.2) is 0 Å². The van der Waals surface area contributed by atoms with Gasteiger partial charge >= 0.3 is 0 Å². The Kier molecular flexibility index (Phi) is 6.99. The number of carbonyl (C=O) groups is 1. The number of likely N-dealkylation sites (N-methyl/N-ethyl adjacent to an activating group) is 1. The molecule has 0 fully saturated rings. The van der Waals surface area contributed by atoms with Gasteiger partial charge in [-0.3, -0.25) is 4.79 Å². The van der Waals surface area contributed by atoms with E-state index < -0.39 is 0 Å². The van der Waals surface area contributed by atoms with Crippen molar-refractivity contribution in [3.05, 3.63) is 12.7 Å². The Morgan fingerprint density at radius 1 is 1.47 bits per heavy atom. The third-order valence-electron chi connectivity index (χ3n) is 1.99. The largest absolute Gasteiger partial charge is 0.351 e. The maximum atomic E-state index is 11.5. The summed E-state index contributed by atoms with van der Waals surface area (Å²) in [7, 11) is 4.03. The second-order valence-corrected chi connectivity index (χ2v) is 4.09. The molecule has 0 aliphatic rings. The van der Waals surface area contributed by atoms with Gasteiger partial charge in [0, 0.05) is 19.1 Å². The van der Waals surface area contributed by atoms with Gasteiger partial charge in [0.05, 0.1) is 6.04 Å². The molecule has 2 atom stereocenters. The normalized spacial score (nSPS) is 14.7. The summed E-state index contributed by atoms with van der Waals surface area (Å²) in [5.41, 5.74) is 0. The highest BCUT2D eigenvalue weighted by molar-refractivity contribution is 5.81. The molecular formula is C11H23N3O. The van der Waals surface area contributed by atoms with Crippen LogP contribution < -0.4 is 10.6 Å². The standard InChI is InChI=1S/C11H23N3O/c1-6-7-12-11(15)10(3)13-9(2)8-14(4)5/h6,9-10,13H,1,7-8H2,2-5H3,(H,12,15). The molecule has 15 heavy (non-hydrogen) atoms. The van der Waals surface area contributed by atoms with E-state index in [4.69, 9.17) is 0 Å². The Balaban J connectivity index is 3.84. The first kappa shape index (κ1) is 14.1. The van der Waals surface area contributed by atoms with Gasteiger partial charge in [-0.1, -0.05) is 6.08 Å². The van der Waals surface area contributed by atoms with Crippen LogP contribution in [0.4, 0.5) is 0 Å². The van der Waals surface area contributed by atoms with Crippen molar-refractivity contribution in [2.24, 2.45) is 0 Å². The fourth-order valence-electron chi connectivity index (χ4n) is 1.43. The van der Waals surface area contributed by atoms with Gasteiger partial charge in [0.2, 0.25) is 5.91 Å². The topological polar surface area (TPSA) is 44.4 Å². The van der Waals surface area contributed by atoms with Crippen LogP contribution in [0.3, 0.4) is 0 Å². The van der Waals surface area contributed by atoms with Gasteiger partial charge in [-0.15, -0.1) is 6.58 Å². The molecule has 4 heteroatoms. The van der Waals surface area contributed by atoms with Crippen LogP contribution in [-0.4, -0.2) is 50.1 Å². The van der Waals surface area contributed by atoms with E-state index in [9.17, 15) is 4.79 Å². The van der Waals surface area contributed by atoms with E-state index in [-0.39, 0.29) is 11.9 Å². The number of hydrogen-bond donors (Lipinski definition) is 2. The monoisotopic (exact) mass is 213 g/mol. The van der Waals surface area contributed by atoms with Gasteiger partial charge in [0.1, 0.15) is 0 Å². The average Bonchev–Trinajstić information content (AvgIpc) is 2.12. The lowest BCUT2D eigenvalue weighted by molar-refractivity contribution is -0.122. The summed E-state index contributed by atoms with van der Waals surface area (Å²) < 4.78 is 0. The molecule has 0 rings (SSSR count). The van der Waals surface area contributed by atoms with Crippen LogP contribution >= 0.6 is 0 Å². The van der Waals surface area contributed by atoms with Crippen molar-refractivity contribution < 1.29 is 4.79 Å². The minimum atomic E-state index is -0.167. The Morgan fingerprint density at radius 2 is 2.07 bits per heavy atom. The highest BCUT2D eigenvalue weighted by Gasteiger charge is 2.14. The van der Waals surface area contributed by atoms with Gasteiger partial charge < -0.3 is 15.5 Å². The summed E-state index contributed by atoms with van der Waals surface area (Å²) in [6.07, 6.45) is 1.67. The molecule has 0 spiro atoms. The average molecular weight is 213 g/mol. The van der Waals surface area contributed by atoms with Crippen LogP contribution in [0.2, 0.25) is 0 Å². The number of nitrogens with one attached hydrogen (secondary N) is 2. The molecule has 0 aromatic rings. The zero-order chi connectivity index (χ0) is 11.8. The Morgan fingerprint density at radius 3 is 2.53 bits per heavy atom. The molecule has 0 saturated heterocycles. The molecule has 0 aliphatic carbocycles. The van der Waals surface area contributed by atoms with Crippen molar-refractivity contribution in [3.63, 3.8) is 0 Å². The van der Waals surface area contributed by atoms with E-state index in [1.165, 1.54) is 0 Å². The molecule has 0 aromatic carbocycles. The second kappa shape index (κ2) is 7.43. The van der Waals surface area contributed by atoms with Gasteiger partial charge in [-0.05, 0) is 27.9 Å². The lowest BCUT2D eigenvalue weighted by Gasteiger charge is -2.22. The predicted molar refractivity (Wildman–Crippen MR) is 63.8 cm³/mol. The molecule has 2 N–H and O–H groups in total. The number of rotatable bonds is 7. The number of hydrogen-bond acceptors (Lipinski definition) is 3. The van der Waals surface area contributed by atoms with Crippen molar-refractivity contribution in [2.45, 2.75) is 25.9 Å². The predicted octanol–water partition coefficient (Wildman–Crippen LogP) is 0.217. The number of nitrogens with zero attached hydrogens (tertiary/aromatic N) is 1. The zero-order valence-electron chi connectivity index (χ0n) is 10.2. The maximum Gasteiger partial charge on any atom is 0.237 e. The summed E-state index contributed by atoms with van der Waals surface area (Å²) in [4.78, 5) is 13.6. The second-order valence-electron chi connectivity index (χ2n) is 4.09. The fraction of sp³-hybridized carbons (Fsp3) is 0.727. The highest BCUT2D eigenvalue weighted by Crippen LogP contribution is 1.90. The summed E-state index contributed by atoms with van der Waals surface area (Å²) >= 11 is 0. The van der Waals surface area contributed by atoms with Crippen molar-refractivity contribution in [1.82, 2.24) is 15.5 Å². The molecule has 0 aliphatic heterocycles. The maximum absolute atomic E-state index is 11.5. The summed E-state index contributed by atoms with van der Waals surface area (Å²) in [6.45, 7) is 8.92. The van der Waals surface area contributed by atoms with E-state index in [0.29, 0.717) is 12.6 Å². The number of carbonyl (C=O) groups excluding carboxylic acids is 1. The molecule has 2 unspecified atom stereocenters. The zero-order valence-corrected chi connectivity index (χ0v) is 10.2. The van der Waals surface area contributed by atoms with E-state index in [0.717, 1.165) is 6.54 Å². The van der Waals surface area contributed by atoms with Gasteiger partial charge in [0.25, 0.3) is 0 Å². The van der Waals surface area contributed by atoms with Crippen molar-refractivity contribution in [2.75, 3.05) is 27.2 Å². The first-order valence-corrected chi connectivity index (χ1v) is 5.26. The minimum Gasteiger partial charge on any atom is -0.351 e. The van der Waals surface area contributed by atoms with E-state index in [1.807, 2.05) is 21.0 Å². The van der Waals surface area contributed by atoms with Gasteiger partial charge in [-0.2, -0.15) is 0 Å². The van der Waals surface area contributed by atoms with Crippen LogP contribution in [0.1, 0.15) is 13.8 Å². The van der Waals surface area contributed by atoms with E-state index in [1.54, 1.807) is 6.08 Å². The molecule has 0 aromatic heterocycles. The van der Waals surface area contributed by atoms with Crippen LogP contribution in [-0.2, 0) is 4.79 Å². The molecule has 0 bridgehead atoms. The van der Waals surface area contributed by atoms with Crippen molar-refractivity contribution in [1.29, 1.82) is 0 Å². The summed E-state index contributed by atoms with van der Waals surface area (Å²) in [6, 6.07) is 0.129. The summed E-state index contributed by atoms with van der Waals surface area (Å²) in [5, 5.41) is 5.99. The minimum absolute atomic E-state index is 0.0144. The van der Waals surface area contributed by atoms with Crippen molar-refractivity contribution in [3.8, 4) is 0 Å². The SMILES string of the molecule is C=CCNC(=O)C(C)NC(C)CN(C)C. The van der Waals surface area contributed by atoms with Crippen molar-refractivity contribution >= 4 is 5.91 Å². The molecule has 1 amide bonds. The third kappa shape index (κ3) is 7.11. The molecule has 0 saturated carbocycles. The third-order valence-corrected chi connectivity index (χ3v) is 1.99. The van der Waals surface area contributed by atoms with Gasteiger partial charge in [0.15, 0.2) is 0 Å².